The number of anilines is 1. The number of nitro groups is 1. The largest absolute Gasteiger partial charge is 0.497 e. The van der Waals surface area contributed by atoms with Gasteiger partial charge >= 0.3 is 5.82 Å². The molecule has 0 saturated carbocycles. The maximum atomic E-state index is 12.1. The molecule has 0 fully saturated rings. The maximum Gasteiger partial charge on any atom is 0.366 e. The maximum absolute atomic E-state index is 12.1. The van der Waals surface area contributed by atoms with E-state index in [-0.39, 0.29) is 24.1 Å². The third-order valence-corrected chi connectivity index (χ3v) is 3.77. The quantitative estimate of drug-likeness (QED) is 0.424. The number of hydrogen-bond donors (Lipinski definition) is 0. The van der Waals surface area contributed by atoms with Crippen LogP contribution in [0, 0.1) is 10.1 Å². The van der Waals surface area contributed by atoms with Crippen LogP contribution >= 0.6 is 0 Å². The second-order valence-corrected chi connectivity index (χ2v) is 5.46. The summed E-state index contributed by atoms with van der Waals surface area (Å²) in [5, 5.41) is 10.9. The molecule has 2 aromatic rings. The monoisotopic (exact) mass is 359 g/mol. The van der Waals surface area contributed by atoms with Gasteiger partial charge < -0.3 is 24.3 Å². The molecule has 0 aliphatic carbocycles. The molecule has 0 radical (unpaired) electrons. The number of carbonyl (C=O) groups is 1. The molecule has 0 N–H and O–H groups in total. The number of methoxy groups -OCH3 is 1. The molecule has 1 amide bonds. The Bertz CT molecular complexity index is 809. The predicted molar refractivity (Wildman–Crippen MR) is 91.8 cm³/mol. The van der Waals surface area contributed by atoms with E-state index in [2.05, 4.69) is 4.98 Å². The van der Waals surface area contributed by atoms with E-state index < -0.39 is 4.92 Å². The number of hydrogen-bond acceptors (Lipinski definition) is 7. The van der Waals surface area contributed by atoms with Crippen molar-refractivity contribution in [3.63, 3.8) is 0 Å². The molecule has 1 aliphatic heterocycles. The second kappa shape index (κ2) is 7.68. The second-order valence-electron chi connectivity index (χ2n) is 5.46. The van der Waals surface area contributed by atoms with Crippen LogP contribution < -0.4 is 19.1 Å². The number of nitrogens with zero attached hydrogens (tertiary/aromatic N) is 3. The van der Waals surface area contributed by atoms with Crippen LogP contribution in [-0.2, 0) is 4.79 Å². The van der Waals surface area contributed by atoms with Crippen LogP contribution in [0.4, 0.5) is 11.6 Å². The van der Waals surface area contributed by atoms with Crippen LogP contribution in [0.5, 0.6) is 17.2 Å². The van der Waals surface area contributed by atoms with E-state index >= 15 is 0 Å². The Balaban J connectivity index is 1.61. The van der Waals surface area contributed by atoms with E-state index in [0.717, 1.165) is 5.75 Å². The number of carbonyl (C=O) groups excluding carboxylic acids is 1. The summed E-state index contributed by atoms with van der Waals surface area (Å²) in [6.45, 7) is 0.576. The van der Waals surface area contributed by atoms with Crippen LogP contribution in [0.25, 0.3) is 0 Å². The van der Waals surface area contributed by atoms with Gasteiger partial charge in [-0.05, 0) is 46.7 Å². The molecule has 9 nitrogen and oxygen atoms in total. The summed E-state index contributed by atoms with van der Waals surface area (Å²) in [4.78, 5) is 27.7. The van der Waals surface area contributed by atoms with Crippen LogP contribution in [0.2, 0.25) is 0 Å². The minimum atomic E-state index is -0.607. The van der Waals surface area contributed by atoms with Crippen LogP contribution in [-0.4, -0.2) is 42.7 Å². The van der Waals surface area contributed by atoms with Crippen molar-refractivity contribution in [1.29, 1.82) is 0 Å². The summed E-state index contributed by atoms with van der Waals surface area (Å²) >= 11 is 0. The average molecular weight is 359 g/mol. The molecule has 136 valence electrons. The molecule has 0 spiro atoms. The van der Waals surface area contributed by atoms with Gasteiger partial charge in [-0.2, -0.15) is 0 Å². The summed E-state index contributed by atoms with van der Waals surface area (Å²) in [7, 11) is 1.59. The Morgan fingerprint density at radius 1 is 1.23 bits per heavy atom. The first-order valence-electron chi connectivity index (χ1n) is 7.94. The van der Waals surface area contributed by atoms with E-state index in [4.69, 9.17) is 14.2 Å². The highest BCUT2D eigenvalue weighted by molar-refractivity contribution is 5.96. The first-order chi connectivity index (χ1) is 12.6. The summed E-state index contributed by atoms with van der Waals surface area (Å²) in [5.41, 5.74) is 0. The summed E-state index contributed by atoms with van der Waals surface area (Å²) in [6.07, 6.45) is 0.529. The van der Waals surface area contributed by atoms with Crippen molar-refractivity contribution < 1.29 is 23.9 Å². The van der Waals surface area contributed by atoms with Crippen molar-refractivity contribution in [2.45, 2.75) is 6.42 Å². The van der Waals surface area contributed by atoms with Gasteiger partial charge in [0.05, 0.1) is 13.7 Å². The van der Waals surface area contributed by atoms with Gasteiger partial charge in [-0.15, -0.1) is 0 Å². The number of ether oxygens (including phenoxy) is 3. The third kappa shape index (κ3) is 3.82. The van der Waals surface area contributed by atoms with Crippen molar-refractivity contribution in [1.82, 2.24) is 4.98 Å². The van der Waals surface area contributed by atoms with Crippen molar-refractivity contribution in [2.75, 3.05) is 31.8 Å². The zero-order valence-corrected chi connectivity index (χ0v) is 14.1. The normalized spacial score (nSPS) is 13.0. The Morgan fingerprint density at radius 2 is 1.96 bits per heavy atom. The molecule has 9 heteroatoms. The molecular weight excluding hydrogens is 342 g/mol. The highest BCUT2D eigenvalue weighted by Gasteiger charge is 2.31. The molecule has 0 bridgehead atoms. The zero-order valence-electron chi connectivity index (χ0n) is 14.1. The number of amides is 1. The molecule has 26 heavy (non-hydrogen) atoms. The predicted octanol–water partition coefficient (Wildman–Crippen LogP) is 2.19. The Morgan fingerprint density at radius 3 is 2.65 bits per heavy atom. The fourth-order valence-electron chi connectivity index (χ4n) is 2.48. The van der Waals surface area contributed by atoms with Crippen molar-refractivity contribution >= 4 is 17.5 Å². The number of aromatic nitrogens is 1. The van der Waals surface area contributed by atoms with Gasteiger partial charge in [0.15, 0.2) is 12.4 Å². The lowest BCUT2D eigenvalue weighted by Gasteiger charge is -2.25. The van der Waals surface area contributed by atoms with Crippen molar-refractivity contribution in [3.8, 4) is 17.2 Å². The summed E-state index contributed by atoms with van der Waals surface area (Å²) in [5.74, 6) is 1.32. The first kappa shape index (κ1) is 17.5. The molecule has 1 aromatic heterocycles. The minimum absolute atomic E-state index is 0.119. The average Bonchev–Trinajstić information content (AvgIpc) is 2.66. The zero-order chi connectivity index (χ0) is 18.5. The first-order valence-corrected chi connectivity index (χ1v) is 7.94. The molecule has 0 atom stereocenters. The van der Waals surface area contributed by atoms with Gasteiger partial charge in [0.25, 0.3) is 11.7 Å². The standard InChI is InChI=1S/C17H17N3O6/c1-24-12-3-5-13(6-4-12)25-10-2-9-19-16(21)11-26-14-7-8-15(20(22)23)18-17(14)19/h3-8H,2,9-11H2,1H3. The molecular formula is C17H17N3O6. The molecule has 0 saturated heterocycles. The SMILES string of the molecule is COc1ccc(OCCCN2C(=O)COc3ccc([N+](=O)[O-])nc32)cc1. The lowest BCUT2D eigenvalue weighted by Crippen LogP contribution is -2.40. The number of pyridine rings is 1. The highest BCUT2D eigenvalue weighted by Crippen LogP contribution is 2.32. The van der Waals surface area contributed by atoms with Gasteiger partial charge in [-0.3, -0.25) is 9.69 Å². The summed E-state index contributed by atoms with van der Waals surface area (Å²) < 4.78 is 16.0. The van der Waals surface area contributed by atoms with Gasteiger partial charge in [-0.1, -0.05) is 0 Å². The van der Waals surface area contributed by atoms with E-state index in [1.807, 2.05) is 0 Å². The van der Waals surface area contributed by atoms with Crippen molar-refractivity contribution in [2.24, 2.45) is 0 Å². The molecule has 0 unspecified atom stereocenters. The highest BCUT2D eigenvalue weighted by atomic mass is 16.6. The van der Waals surface area contributed by atoms with Crippen LogP contribution in [0.3, 0.4) is 0 Å². The van der Waals surface area contributed by atoms with Gasteiger partial charge in [0.1, 0.15) is 11.5 Å². The molecule has 1 aliphatic rings. The lowest BCUT2D eigenvalue weighted by atomic mass is 10.3. The fourth-order valence-corrected chi connectivity index (χ4v) is 2.48. The van der Waals surface area contributed by atoms with E-state index in [9.17, 15) is 14.9 Å². The van der Waals surface area contributed by atoms with E-state index in [1.54, 1.807) is 31.4 Å². The van der Waals surface area contributed by atoms with Gasteiger partial charge in [0, 0.05) is 12.6 Å². The number of rotatable bonds is 7. The smallest absolute Gasteiger partial charge is 0.366 e. The van der Waals surface area contributed by atoms with Crippen LogP contribution in [0.15, 0.2) is 36.4 Å². The Labute approximate surface area is 149 Å². The summed E-state index contributed by atoms with van der Waals surface area (Å²) in [6, 6.07) is 9.87. The molecule has 1 aromatic carbocycles. The molecule has 3 rings (SSSR count). The van der Waals surface area contributed by atoms with Crippen molar-refractivity contribution in [3.05, 3.63) is 46.5 Å². The van der Waals surface area contributed by atoms with Gasteiger partial charge in [0.2, 0.25) is 0 Å². The number of fused-ring (bicyclic) bond motifs is 1. The lowest BCUT2D eigenvalue weighted by molar-refractivity contribution is -0.389. The van der Waals surface area contributed by atoms with Crippen LogP contribution in [0.1, 0.15) is 6.42 Å². The number of benzene rings is 1. The Kier molecular flexibility index (Phi) is 5.16. The fraction of sp³-hybridized carbons (Fsp3) is 0.294. The van der Waals surface area contributed by atoms with E-state index in [0.29, 0.717) is 31.1 Å². The Hall–Kier alpha value is -3.36. The minimum Gasteiger partial charge on any atom is -0.497 e. The third-order valence-electron chi connectivity index (χ3n) is 3.77. The molecule has 2 heterocycles. The van der Waals surface area contributed by atoms with E-state index in [1.165, 1.54) is 17.0 Å². The topological polar surface area (TPSA) is 104 Å². The van der Waals surface area contributed by atoms with Gasteiger partial charge in [-0.25, -0.2) is 0 Å².